The number of thiocarbonyl (C=S) groups is 1. The number of ether oxygens (including phenoxy) is 1. The topological polar surface area (TPSA) is 96.5 Å². The van der Waals surface area contributed by atoms with Crippen LogP contribution in [0.3, 0.4) is 0 Å². The van der Waals surface area contributed by atoms with Crippen molar-refractivity contribution in [2.75, 3.05) is 17.1 Å². The molecule has 0 spiro atoms. The molecule has 0 fully saturated rings. The fourth-order valence-corrected chi connectivity index (χ4v) is 4.88. The highest BCUT2D eigenvalue weighted by Crippen LogP contribution is 2.25. The predicted molar refractivity (Wildman–Crippen MR) is 138 cm³/mol. The van der Waals surface area contributed by atoms with Gasteiger partial charge in [0.05, 0.1) is 22.2 Å². The summed E-state index contributed by atoms with van der Waals surface area (Å²) in [5.74, 6) is 0.210. The largest absolute Gasteiger partial charge is 0.496 e. The standard InChI is InChI=1S/C23H22BrN3O4S2/c1-14-4-10-20(15(2)12-14)27-33(29,30)18-8-6-17(7-9-18)25-23(32)26-22(28)16-5-11-21(31-3)19(24)13-16/h4-13,27H,1-3H3,(H2,25,26,28,32). The molecule has 3 rings (SSSR count). The van der Waals surface area contributed by atoms with Gasteiger partial charge in [-0.1, -0.05) is 17.7 Å². The van der Waals surface area contributed by atoms with E-state index in [4.69, 9.17) is 17.0 Å². The minimum absolute atomic E-state index is 0.0796. The van der Waals surface area contributed by atoms with Crippen LogP contribution in [0.25, 0.3) is 0 Å². The maximum atomic E-state index is 12.7. The second-order valence-electron chi connectivity index (χ2n) is 7.21. The Hall–Kier alpha value is -2.95. The second-order valence-corrected chi connectivity index (χ2v) is 10.2. The molecular weight excluding hydrogens is 526 g/mol. The zero-order valence-corrected chi connectivity index (χ0v) is 21.3. The Morgan fingerprint density at radius 2 is 1.70 bits per heavy atom. The number of aryl methyl sites for hydroxylation is 2. The van der Waals surface area contributed by atoms with Crippen molar-refractivity contribution in [2.45, 2.75) is 18.7 Å². The van der Waals surface area contributed by atoms with E-state index in [-0.39, 0.29) is 10.0 Å². The summed E-state index contributed by atoms with van der Waals surface area (Å²) in [5.41, 5.74) is 3.33. The van der Waals surface area contributed by atoms with Crippen molar-refractivity contribution in [3.63, 3.8) is 0 Å². The van der Waals surface area contributed by atoms with E-state index in [1.165, 1.54) is 19.2 Å². The number of carbonyl (C=O) groups is 1. The zero-order chi connectivity index (χ0) is 24.2. The Balaban J connectivity index is 1.64. The summed E-state index contributed by atoms with van der Waals surface area (Å²) in [6.07, 6.45) is 0. The molecule has 7 nitrogen and oxygen atoms in total. The quantitative estimate of drug-likeness (QED) is 0.375. The van der Waals surface area contributed by atoms with Crippen LogP contribution in [0.2, 0.25) is 0 Å². The van der Waals surface area contributed by atoms with Crippen molar-refractivity contribution < 1.29 is 17.9 Å². The highest BCUT2D eigenvalue weighted by molar-refractivity contribution is 9.10. The van der Waals surface area contributed by atoms with Crippen LogP contribution >= 0.6 is 28.1 Å². The Kier molecular flexibility index (Phi) is 7.72. The molecule has 33 heavy (non-hydrogen) atoms. The van der Waals surface area contributed by atoms with Crippen LogP contribution < -0.4 is 20.1 Å². The third-order valence-corrected chi connectivity index (χ3v) is 6.90. The van der Waals surface area contributed by atoms with Crippen molar-refractivity contribution in [2.24, 2.45) is 0 Å². The Morgan fingerprint density at radius 1 is 1.00 bits per heavy atom. The van der Waals surface area contributed by atoms with Crippen LogP contribution in [0, 0.1) is 13.8 Å². The lowest BCUT2D eigenvalue weighted by molar-refractivity contribution is 0.0977. The smallest absolute Gasteiger partial charge is 0.261 e. The Labute approximate surface area is 206 Å². The molecule has 3 aromatic carbocycles. The third kappa shape index (κ3) is 6.31. The van der Waals surface area contributed by atoms with Gasteiger partial charge in [-0.05, 0) is 96.1 Å². The van der Waals surface area contributed by atoms with Crippen molar-refractivity contribution in [1.29, 1.82) is 0 Å². The molecule has 0 aliphatic rings. The van der Waals surface area contributed by atoms with Crippen molar-refractivity contribution in [3.05, 3.63) is 81.8 Å². The summed E-state index contributed by atoms with van der Waals surface area (Å²) in [7, 11) is -2.22. The van der Waals surface area contributed by atoms with Gasteiger partial charge in [-0.15, -0.1) is 0 Å². The number of sulfonamides is 1. The van der Waals surface area contributed by atoms with E-state index in [9.17, 15) is 13.2 Å². The molecule has 0 radical (unpaired) electrons. The number of carbonyl (C=O) groups excluding carboxylic acids is 1. The lowest BCUT2D eigenvalue weighted by Gasteiger charge is -2.13. The van der Waals surface area contributed by atoms with Gasteiger partial charge in [0.25, 0.3) is 15.9 Å². The minimum Gasteiger partial charge on any atom is -0.496 e. The molecule has 3 aromatic rings. The van der Waals surface area contributed by atoms with Gasteiger partial charge in [-0.25, -0.2) is 8.42 Å². The number of methoxy groups -OCH3 is 1. The lowest BCUT2D eigenvalue weighted by Crippen LogP contribution is -2.34. The SMILES string of the molecule is COc1ccc(C(=O)NC(=S)Nc2ccc(S(=O)(=O)Nc3ccc(C)cc3C)cc2)cc1Br. The summed E-state index contributed by atoms with van der Waals surface area (Å²) in [4.78, 5) is 12.5. The normalized spacial score (nSPS) is 10.9. The van der Waals surface area contributed by atoms with Crippen LogP contribution in [0.5, 0.6) is 5.75 Å². The number of rotatable bonds is 6. The number of benzene rings is 3. The van der Waals surface area contributed by atoms with Crippen LogP contribution in [0.15, 0.2) is 70.0 Å². The molecule has 172 valence electrons. The van der Waals surface area contributed by atoms with E-state index < -0.39 is 15.9 Å². The molecule has 3 N–H and O–H groups in total. The Morgan fingerprint density at radius 3 is 2.30 bits per heavy atom. The molecule has 0 saturated carbocycles. The van der Waals surface area contributed by atoms with Gasteiger partial charge in [-0.2, -0.15) is 0 Å². The molecule has 0 unspecified atom stereocenters. The Bertz CT molecular complexity index is 1310. The first-order chi connectivity index (χ1) is 15.6. The highest BCUT2D eigenvalue weighted by atomic mass is 79.9. The fourth-order valence-electron chi connectivity index (χ4n) is 2.99. The van der Waals surface area contributed by atoms with Gasteiger partial charge in [0.2, 0.25) is 0 Å². The maximum Gasteiger partial charge on any atom is 0.261 e. The van der Waals surface area contributed by atoms with Crippen LogP contribution in [-0.4, -0.2) is 26.5 Å². The van der Waals surface area contributed by atoms with Crippen molar-refractivity contribution in [1.82, 2.24) is 5.32 Å². The van der Waals surface area contributed by atoms with E-state index in [1.54, 1.807) is 36.4 Å². The van der Waals surface area contributed by atoms with Crippen LogP contribution in [0.4, 0.5) is 11.4 Å². The summed E-state index contributed by atoms with van der Waals surface area (Å²) < 4.78 is 33.8. The van der Waals surface area contributed by atoms with Crippen LogP contribution in [-0.2, 0) is 10.0 Å². The monoisotopic (exact) mass is 547 g/mol. The first-order valence-electron chi connectivity index (χ1n) is 9.75. The van der Waals surface area contributed by atoms with Gasteiger partial charge >= 0.3 is 0 Å². The van der Waals surface area contributed by atoms with Gasteiger partial charge in [0, 0.05) is 11.3 Å². The maximum absolute atomic E-state index is 12.7. The number of amides is 1. The van der Waals surface area contributed by atoms with Gasteiger partial charge in [0.15, 0.2) is 5.11 Å². The average molecular weight is 548 g/mol. The first-order valence-corrected chi connectivity index (χ1v) is 12.4. The number of nitrogens with one attached hydrogen (secondary N) is 3. The molecule has 0 bridgehead atoms. The van der Waals surface area contributed by atoms with E-state index in [1.807, 2.05) is 26.0 Å². The number of anilines is 2. The minimum atomic E-state index is -3.75. The zero-order valence-electron chi connectivity index (χ0n) is 18.1. The summed E-state index contributed by atoms with van der Waals surface area (Å²) >= 11 is 8.54. The molecule has 0 aliphatic carbocycles. The van der Waals surface area contributed by atoms with E-state index >= 15 is 0 Å². The summed E-state index contributed by atoms with van der Waals surface area (Å²) in [6.45, 7) is 3.79. The van der Waals surface area contributed by atoms with Gasteiger partial charge < -0.3 is 10.1 Å². The lowest BCUT2D eigenvalue weighted by atomic mass is 10.1. The molecular formula is C23H22BrN3O4S2. The van der Waals surface area contributed by atoms with E-state index in [0.29, 0.717) is 27.2 Å². The molecule has 0 aromatic heterocycles. The fraction of sp³-hybridized carbons (Fsp3) is 0.130. The molecule has 0 heterocycles. The third-order valence-electron chi connectivity index (χ3n) is 4.69. The average Bonchev–Trinajstić information content (AvgIpc) is 2.76. The molecule has 0 saturated heterocycles. The van der Waals surface area contributed by atoms with Gasteiger partial charge in [-0.3, -0.25) is 14.8 Å². The highest BCUT2D eigenvalue weighted by Gasteiger charge is 2.16. The van der Waals surface area contributed by atoms with Crippen molar-refractivity contribution in [3.8, 4) is 5.75 Å². The summed E-state index contributed by atoms with van der Waals surface area (Å²) in [6, 6.07) is 16.4. The number of halogens is 1. The second kappa shape index (κ2) is 10.3. The van der Waals surface area contributed by atoms with Crippen molar-refractivity contribution >= 4 is 60.6 Å². The first kappa shape index (κ1) is 24.7. The summed E-state index contributed by atoms with van der Waals surface area (Å²) in [5, 5.41) is 5.54. The molecule has 0 atom stereocenters. The molecule has 10 heteroatoms. The number of hydrogen-bond acceptors (Lipinski definition) is 5. The molecule has 1 amide bonds. The number of hydrogen-bond donors (Lipinski definition) is 3. The van der Waals surface area contributed by atoms with E-state index in [0.717, 1.165) is 11.1 Å². The predicted octanol–water partition coefficient (Wildman–Crippen LogP) is 5.00. The molecule has 0 aliphatic heterocycles. The van der Waals surface area contributed by atoms with E-state index in [2.05, 4.69) is 31.3 Å². The van der Waals surface area contributed by atoms with Crippen LogP contribution in [0.1, 0.15) is 21.5 Å². The van der Waals surface area contributed by atoms with Gasteiger partial charge in [0.1, 0.15) is 5.75 Å².